The van der Waals surface area contributed by atoms with Crippen LogP contribution in [0.15, 0.2) is 22.8 Å². The third-order valence-corrected chi connectivity index (χ3v) is 2.70. The lowest BCUT2D eigenvalue weighted by molar-refractivity contribution is -0.123. The molecule has 1 atom stereocenters. The Morgan fingerprint density at radius 2 is 2.46 bits per heavy atom. The molecule has 1 aromatic rings. The third-order valence-electron chi connectivity index (χ3n) is 2.70. The Labute approximate surface area is 77.1 Å². The van der Waals surface area contributed by atoms with E-state index in [1.807, 2.05) is 12.1 Å². The number of piperidine rings is 1. The minimum Gasteiger partial charge on any atom is -0.469 e. The molecule has 3 heteroatoms. The fourth-order valence-electron chi connectivity index (χ4n) is 1.69. The minimum atomic E-state index is -0.0165. The van der Waals surface area contributed by atoms with Crippen LogP contribution in [0.25, 0.3) is 0 Å². The highest BCUT2D eigenvalue weighted by Gasteiger charge is 2.33. The standard InChI is InChI=1S/C10H13NO2/c1-10(8-3-2-6-13-8)5-4-9(12)11-7-10/h2-3,6H,4-5,7H2,1H3,(H,11,12). The molecule has 0 aliphatic carbocycles. The van der Waals surface area contributed by atoms with Crippen molar-refractivity contribution in [2.75, 3.05) is 6.54 Å². The zero-order valence-electron chi connectivity index (χ0n) is 7.67. The van der Waals surface area contributed by atoms with Crippen LogP contribution in [0, 0.1) is 0 Å². The van der Waals surface area contributed by atoms with Crippen molar-refractivity contribution in [2.24, 2.45) is 0 Å². The average molecular weight is 179 g/mol. The lowest BCUT2D eigenvalue weighted by Gasteiger charge is -2.31. The second-order valence-corrected chi connectivity index (χ2v) is 3.81. The molecule has 1 aromatic heterocycles. The molecule has 3 nitrogen and oxygen atoms in total. The van der Waals surface area contributed by atoms with Crippen molar-refractivity contribution in [3.05, 3.63) is 24.2 Å². The molecule has 0 saturated carbocycles. The summed E-state index contributed by atoms with van der Waals surface area (Å²) in [5.74, 6) is 1.11. The van der Waals surface area contributed by atoms with Gasteiger partial charge in [-0.3, -0.25) is 4.79 Å². The Bertz CT molecular complexity index is 293. The molecule has 1 fully saturated rings. The number of carbonyl (C=O) groups excluding carboxylic acids is 1. The van der Waals surface area contributed by atoms with E-state index >= 15 is 0 Å². The third kappa shape index (κ3) is 1.46. The molecule has 0 bridgehead atoms. The van der Waals surface area contributed by atoms with Crippen LogP contribution in [0.5, 0.6) is 0 Å². The molecule has 0 aromatic carbocycles. The largest absolute Gasteiger partial charge is 0.469 e. The highest BCUT2D eigenvalue weighted by atomic mass is 16.3. The highest BCUT2D eigenvalue weighted by Crippen LogP contribution is 2.30. The van der Waals surface area contributed by atoms with Crippen LogP contribution in [0.1, 0.15) is 25.5 Å². The van der Waals surface area contributed by atoms with Gasteiger partial charge in [0, 0.05) is 18.4 Å². The van der Waals surface area contributed by atoms with Crippen LogP contribution < -0.4 is 5.32 Å². The molecule has 70 valence electrons. The normalized spacial score (nSPS) is 28.5. The number of furan rings is 1. The predicted octanol–water partition coefficient (Wildman–Crippen LogP) is 1.45. The summed E-state index contributed by atoms with van der Waals surface area (Å²) in [6.45, 7) is 2.80. The quantitative estimate of drug-likeness (QED) is 0.709. The van der Waals surface area contributed by atoms with Crippen molar-refractivity contribution in [1.82, 2.24) is 5.32 Å². The van der Waals surface area contributed by atoms with Gasteiger partial charge in [-0.1, -0.05) is 6.92 Å². The molecule has 1 amide bonds. The molecule has 2 heterocycles. The van der Waals surface area contributed by atoms with E-state index in [-0.39, 0.29) is 11.3 Å². The molecule has 2 rings (SSSR count). The van der Waals surface area contributed by atoms with Gasteiger partial charge in [0.1, 0.15) is 5.76 Å². The van der Waals surface area contributed by atoms with E-state index in [0.717, 1.165) is 12.2 Å². The Morgan fingerprint density at radius 1 is 1.62 bits per heavy atom. The number of hydrogen-bond acceptors (Lipinski definition) is 2. The summed E-state index contributed by atoms with van der Waals surface area (Å²) in [6, 6.07) is 3.86. The Balaban J connectivity index is 2.18. The molecule has 1 aliphatic heterocycles. The SMILES string of the molecule is CC1(c2ccco2)CCC(=O)NC1. The number of hydrogen-bond donors (Lipinski definition) is 1. The van der Waals surface area contributed by atoms with E-state index in [2.05, 4.69) is 12.2 Å². The van der Waals surface area contributed by atoms with E-state index in [0.29, 0.717) is 13.0 Å². The summed E-state index contributed by atoms with van der Waals surface area (Å²) < 4.78 is 5.36. The lowest BCUT2D eigenvalue weighted by Crippen LogP contribution is -2.44. The van der Waals surface area contributed by atoms with Crippen molar-refractivity contribution in [3.63, 3.8) is 0 Å². The van der Waals surface area contributed by atoms with E-state index in [1.54, 1.807) is 6.26 Å². The Morgan fingerprint density at radius 3 is 3.00 bits per heavy atom. The lowest BCUT2D eigenvalue weighted by atomic mass is 9.80. The van der Waals surface area contributed by atoms with E-state index in [9.17, 15) is 4.79 Å². The topological polar surface area (TPSA) is 42.2 Å². The summed E-state index contributed by atoms with van der Waals surface area (Å²) >= 11 is 0. The van der Waals surface area contributed by atoms with Gasteiger partial charge in [-0.25, -0.2) is 0 Å². The van der Waals surface area contributed by atoms with Gasteiger partial charge < -0.3 is 9.73 Å². The van der Waals surface area contributed by atoms with Crippen LogP contribution in [-0.2, 0) is 10.2 Å². The molecular weight excluding hydrogens is 166 g/mol. The molecule has 13 heavy (non-hydrogen) atoms. The van der Waals surface area contributed by atoms with Gasteiger partial charge in [0.05, 0.1) is 6.26 Å². The number of carbonyl (C=O) groups is 1. The van der Waals surface area contributed by atoms with Crippen molar-refractivity contribution >= 4 is 5.91 Å². The maximum absolute atomic E-state index is 11.0. The Kier molecular flexibility index (Phi) is 1.87. The highest BCUT2D eigenvalue weighted by molar-refractivity contribution is 5.77. The minimum absolute atomic E-state index is 0.0165. The van der Waals surface area contributed by atoms with Crippen molar-refractivity contribution in [1.29, 1.82) is 0 Å². The summed E-state index contributed by atoms with van der Waals surface area (Å²) in [6.07, 6.45) is 3.14. The smallest absolute Gasteiger partial charge is 0.220 e. The first-order valence-electron chi connectivity index (χ1n) is 4.51. The zero-order chi connectivity index (χ0) is 9.31. The second-order valence-electron chi connectivity index (χ2n) is 3.81. The van der Waals surface area contributed by atoms with Gasteiger partial charge in [-0.05, 0) is 18.6 Å². The molecule has 1 unspecified atom stereocenters. The Hall–Kier alpha value is -1.25. The van der Waals surface area contributed by atoms with Crippen LogP contribution in [-0.4, -0.2) is 12.5 Å². The van der Waals surface area contributed by atoms with Crippen LogP contribution in [0.3, 0.4) is 0 Å². The molecule has 0 spiro atoms. The maximum Gasteiger partial charge on any atom is 0.220 e. The van der Waals surface area contributed by atoms with Gasteiger partial charge >= 0.3 is 0 Å². The van der Waals surface area contributed by atoms with E-state index in [1.165, 1.54) is 0 Å². The molecule has 1 saturated heterocycles. The molecule has 1 N–H and O–H groups in total. The van der Waals surface area contributed by atoms with Gasteiger partial charge in [0.25, 0.3) is 0 Å². The van der Waals surface area contributed by atoms with Gasteiger partial charge in [0.15, 0.2) is 0 Å². The number of rotatable bonds is 1. The maximum atomic E-state index is 11.0. The van der Waals surface area contributed by atoms with Gasteiger partial charge in [-0.2, -0.15) is 0 Å². The second kappa shape index (κ2) is 2.91. The van der Waals surface area contributed by atoms with Crippen molar-refractivity contribution in [3.8, 4) is 0 Å². The summed E-state index contributed by atoms with van der Waals surface area (Å²) in [5.41, 5.74) is -0.0165. The molecular formula is C10H13NO2. The first kappa shape index (κ1) is 8.35. The number of nitrogens with one attached hydrogen (secondary N) is 1. The first-order valence-corrected chi connectivity index (χ1v) is 4.51. The van der Waals surface area contributed by atoms with Crippen molar-refractivity contribution < 1.29 is 9.21 Å². The average Bonchev–Trinajstić information content (AvgIpc) is 2.63. The zero-order valence-corrected chi connectivity index (χ0v) is 7.67. The monoisotopic (exact) mass is 179 g/mol. The first-order chi connectivity index (χ1) is 6.21. The molecule has 0 radical (unpaired) electrons. The summed E-state index contributed by atoms with van der Waals surface area (Å²) in [4.78, 5) is 11.0. The van der Waals surface area contributed by atoms with Gasteiger partial charge in [0.2, 0.25) is 5.91 Å². The fraction of sp³-hybridized carbons (Fsp3) is 0.500. The van der Waals surface area contributed by atoms with Crippen LogP contribution in [0.4, 0.5) is 0 Å². The van der Waals surface area contributed by atoms with Crippen molar-refractivity contribution in [2.45, 2.75) is 25.2 Å². The fourth-order valence-corrected chi connectivity index (χ4v) is 1.69. The van der Waals surface area contributed by atoms with Crippen LogP contribution >= 0.6 is 0 Å². The predicted molar refractivity (Wildman–Crippen MR) is 48.3 cm³/mol. The molecule has 1 aliphatic rings. The van der Waals surface area contributed by atoms with E-state index in [4.69, 9.17) is 4.42 Å². The van der Waals surface area contributed by atoms with Crippen LogP contribution in [0.2, 0.25) is 0 Å². The van der Waals surface area contributed by atoms with E-state index < -0.39 is 0 Å². The number of amides is 1. The van der Waals surface area contributed by atoms with Gasteiger partial charge in [-0.15, -0.1) is 0 Å². The summed E-state index contributed by atoms with van der Waals surface area (Å²) in [7, 11) is 0. The summed E-state index contributed by atoms with van der Waals surface area (Å²) in [5, 5.41) is 2.86.